The molecule has 0 saturated carbocycles. The van der Waals surface area contributed by atoms with Gasteiger partial charge in [-0.3, -0.25) is 14.7 Å². The molecule has 0 bridgehead atoms. The van der Waals surface area contributed by atoms with Crippen molar-refractivity contribution >= 4 is 30.0 Å². The lowest BCUT2D eigenvalue weighted by molar-refractivity contribution is -0.138. The van der Waals surface area contributed by atoms with E-state index in [2.05, 4.69) is 28.0 Å². The van der Waals surface area contributed by atoms with Gasteiger partial charge in [-0.25, -0.2) is 4.68 Å². The number of aliphatic carboxylic acids is 1. The summed E-state index contributed by atoms with van der Waals surface area (Å²) in [5.41, 5.74) is 5.26. The lowest BCUT2D eigenvalue weighted by Crippen LogP contribution is -2.14. The maximum absolute atomic E-state index is 13.0. The van der Waals surface area contributed by atoms with Crippen molar-refractivity contribution in [2.75, 3.05) is 5.75 Å². The van der Waals surface area contributed by atoms with Crippen LogP contribution in [-0.2, 0) is 4.79 Å². The Morgan fingerprint density at radius 3 is 2.39 bits per heavy atom. The number of nitrogens with zero attached hydrogens (tertiary/aromatic N) is 3. The Hall–Kier alpha value is -4.11. The lowest BCUT2D eigenvalue weighted by atomic mass is 9.97. The number of aromatic nitrogens is 2. The van der Waals surface area contributed by atoms with Crippen LogP contribution in [0.2, 0.25) is 0 Å². The molecular weight excluding hydrogens is 476 g/mol. The summed E-state index contributed by atoms with van der Waals surface area (Å²) in [6.07, 6.45) is 0. The van der Waals surface area contributed by atoms with Crippen LogP contribution in [0.4, 0.5) is 11.4 Å². The Morgan fingerprint density at radius 2 is 1.75 bits per heavy atom. The Balaban J connectivity index is 1.65. The number of H-pyrrole nitrogens is 1. The molecule has 184 valence electrons. The molecule has 4 rings (SSSR count). The standard InChI is InChI=1S/C27H26N4O4S/c1-15-7-12-20(13-16(15)2)31-26(33)24(17(3)30-31)29-28-23-6-4-5-21(25(23)32)18-8-10-19(11-9-18)22(14-36)27(34)35/h4-13,22,30,32,36H,14H2,1-3H3,(H,34,35). The summed E-state index contributed by atoms with van der Waals surface area (Å²) in [6.45, 7) is 5.72. The second kappa shape index (κ2) is 10.2. The summed E-state index contributed by atoms with van der Waals surface area (Å²) in [4.78, 5) is 24.4. The van der Waals surface area contributed by atoms with E-state index in [1.165, 1.54) is 4.68 Å². The van der Waals surface area contributed by atoms with Gasteiger partial charge in [-0.1, -0.05) is 42.5 Å². The van der Waals surface area contributed by atoms with E-state index in [1.54, 1.807) is 49.4 Å². The average molecular weight is 503 g/mol. The van der Waals surface area contributed by atoms with Crippen molar-refractivity contribution < 1.29 is 15.0 Å². The molecule has 1 heterocycles. The number of phenols is 1. The van der Waals surface area contributed by atoms with E-state index in [9.17, 15) is 19.8 Å². The van der Waals surface area contributed by atoms with E-state index in [1.807, 2.05) is 32.0 Å². The number of carboxylic acids is 1. The third-order valence-electron chi connectivity index (χ3n) is 6.17. The van der Waals surface area contributed by atoms with Crippen molar-refractivity contribution in [3.8, 4) is 22.6 Å². The molecule has 3 aromatic carbocycles. The molecule has 3 N–H and O–H groups in total. The molecule has 1 unspecified atom stereocenters. The minimum atomic E-state index is -0.945. The number of hydrogen-bond donors (Lipinski definition) is 4. The Bertz CT molecular complexity index is 1520. The second-order valence-corrected chi connectivity index (χ2v) is 8.93. The van der Waals surface area contributed by atoms with Crippen LogP contribution >= 0.6 is 12.6 Å². The van der Waals surface area contributed by atoms with Crippen molar-refractivity contribution in [3.05, 3.63) is 93.4 Å². The molecule has 0 amide bonds. The number of aromatic hydroxyl groups is 1. The van der Waals surface area contributed by atoms with Gasteiger partial charge in [-0.15, -0.1) is 10.2 Å². The number of benzene rings is 3. The Labute approximate surface area is 213 Å². The van der Waals surface area contributed by atoms with Crippen LogP contribution in [0.3, 0.4) is 0 Å². The number of aromatic amines is 1. The summed E-state index contributed by atoms with van der Waals surface area (Å²) < 4.78 is 1.42. The first-order valence-electron chi connectivity index (χ1n) is 11.3. The van der Waals surface area contributed by atoms with E-state index < -0.39 is 11.9 Å². The summed E-state index contributed by atoms with van der Waals surface area (Å²) in [7, 11) is 0. The number of azo groups is 1. The number of nitrogens with one attached hydrogen (secondary N) is 1. The van der Waals surface area contributed by atoms with Crippen LogP contribution in [0.1, 0.15) is 28.3 Å². The van der Waals surface area contributed by atoms with Gasteiger partial charge in [0.05, 0.1) is 17.3 Å². The predicted octanol–water partition coefficient (Wildman–Crippen LogP) is 5.98. The molecule has 4 aromatic rings. The molecular formula is C27H26N4O4S. The quantitative estimate of drug-likeness (QED) is 0.184. The van der Waals surface area contributed by atoms with Gasteiger partial charge in [-0.05, 0) is 61.2 Å². The maximum Gasteiger partial charge on any atom is 0.311 e. The highest BCUT2D eigenvalue weighted by Crippen LogP contribution is 2.38. The molecule has 8 nitrogen and oxygen atoms in total. The number of thiol groups is 1. The Kier molecular flexibility index (Phi) is 7.12. The van der Waals surface area contributed by atoms with Crippen molar-refractivity contribution in [1.29, 1.82) is 0 Å². The number of rotatable bonds is 7. The van der Waals surface area contributed by atoms with Gasteiger partial charge in [0.1, 0.15) is 5.69 Å². The van der Waals surface area contributed by atoms with Gasteiger partial charge in [0.25, 0.3) is 5.56 Å². The molecule has 0 aliphatic heterocycles. The fourth-order valence-corrected chi connectivity index (χ4v) is 4.24. The van der Waals surface area contributed by atoms with Crippen molar-refractivity contribution in [1.82, 2.24) is 9.78 Å². The average Bonchev–Trinajstić information content (AvgIpc) is 3.14. The number of phenolic OH excluding ortho intramolecular Hbond substituents is 1. The highest BCUT2D eigenvalue weighted by Gasteiger charge is 2.18. The molecule has 0 fully saturated rings. The number of para-hydroxylation sites is 1. The van der Waals surface area contributed by atoms with Crippen LogP contribution < -0.4 is 5.56 Å². The van der Waals surface area contributed by atoms with Crippen LogP contribution in [0.15, 0.2) is 75.7 Å². The van der Waals surface area contributed by atoms with E-state index in [0.717, 1.165) is 11.1 Å². The second-order valence-electron chi connectivity index (χ2n) is 8.56. The van der Waals surface area contributed by atoms with Gasteiger partial charge in [-0.2, -0.15) is 12.6 Å². The summed E-state index contributed by atoms with van der Waals surface area (Å²) in [6, 6.07) is 17.7. The molecule has 0 aliphatic rings. The maximum atomic E-state index is 13.0. The van der Waals surface area contributed by atoms with Crippen molar-refractivity contribution in [2.24, 2.45) is 10.2 Å². The molecule has 1 atom stereocenters. The van der Waals surface area contributed by atoms with Crippen LogP contribution in [-0.4, -0.2) is 31.7 Å². The van der Waals surface area contributed by atoms with Crippen LogP contribution in [0.5, 0.6) is 5.75 Å². The first kappa shape index (κ1) is 25.0. The lowest BCUT2D eigenvalue weighted by Gasteiger charge is -2.11. The van der Waals surface area contributed by atoms with Gasteiger partial charge >= 0.3 is 5.97 Å². The molecule has 0 saturated heterocycles. The fraction of sp³-hybridized carbons (Fsp3) is 0.185. The summed E-state index contributed by atoms with van der Waals surface area (Å²) >= 11 is 4.12. The monoisotopic (exact) mass is 502 g/mol. The largest absolute Gasteiger partial charge is 0.505 e. The predicted molar refractivity (Wildman–Crippen MR) is 143 cm³/mol. The molecule has 36 heavy (non-hydrogen) atoms. The highest BCUT2D eigenvalue weighted by atomic mass is 32.1. The number of aryl methyl sites for hydroxylation is 3. The SMILES string of the molecule is Cc1ccc(-n2[nH]c(C)c(N=Nc3cccc(-c4ccc(C(CS)C(=O)O)cc4)c3O)c2=O)cc1C. The fourth-order valence-electron chi connectivity index (χ4n) is 3.87. The molecule has 1 aromatic heterocycles. The zero-order valence-corrected chi connectivity index (χ0v) is 21.0. The van der Waals surface area contributed by atoms with E-state index in [4.69, 9.17) is 0 Å². The van der Waals surface area contributed by atoms with E-state index in [0.29, 0.717) is 28.1 Å². The molecule has 0 spiro atoms. The minimum Gasteiger partial charge on any atom is -0.505 e. The Morgan fingerprint density at radius 1 is 1.03 bits per heavy atom. The third kappa shape index (κ3) is 4.83. The molecule has 9 heteroatoms. The minimum absolute atomic E-state index is 0.0966. The molecule has 0 radical (unpaired) electrons. The van der Waals surface area contributed by atoms with E-state index >= 15 is 0 Å². The van der Waals surface area contributed by atoms with Crippen LogP contribution in [0.25, 0.3) is 16.8 Å². The van der Waals surface area contributed by atoms with Gasteiger partial charge < -0.3 is 10.2 Å². The normalized spacial score (nSPS) is 12.2. The first-order chi connectivity index (χ1) is 17.2. The summed E-state index contributed by atoms with van der Waals surface area (Å²) in [5, 5.41) is 31.5. The topological polar surface area (TPSA) is 120 Å². The number of carboxylic acid groups (broad SMARTS) is 1. The van der Waals surface area contributed by atoms with Gasteiger partial charge in [0.2, 0.25) is 0 Å². The zero-order chi connectivity index (χ0) is 26.0. The smallest absolute Gasteiger partial charge is 0.311 e. The first-order valence-corrected chi connectivity index (χ1v) is 11.9. The zero-order valence-electron chi connectivity index (χ0n) is 20.1. The number of hydrogen-bond acceptors (Lipinski definition) is 6. The molecule has 0 aliphatic carbocycles. The number of carbonyl (C=O) groups is 1. The van der Waals surface area contributed by atoms with Crippen molar-refractivity contribution in [3.63, 3.8) is 0 Å². The van der Waals surface area contributed by atoms with Crippen LogP contribution in [0, 0.1) is 20.8 Å². The van der Waals surface area contributed by atoms with E-state index in [-0.39, 0.29) is 28.4 Å². The highest BCUT2D eigenvalue weighted by molar-refractivity contribution is 7.80. The third-order valence-corrected chi connectivity index (χ3v) is 6.53. The van der Waals surface area contributed by atoms with Crippen molar-refractivity contribution in [2.45, 2.75) is 26.7 Å². The summed E-state index contributed by atoms with van der Waals surface area (Å²) in [5.74, 6) is -1.58. The van der Waals surface area contributed by atoms with Gasteiger partial charge in [0, 0.05) is 11.3 Å². The van der Waals surface area contributed by atoms with Gasteiger partial charge in [0.15, 0.2) is 11.4 Å².